The van der Waals surface area contributed by atoms with Gasteiger partial charge in [-0.2, -0.15) is 0 Å². The number of fused-ring (bicyclic) bond motifs is 3. The van der Waals surface area contributed by atoms with Gasteiger partial charge in [-0.15, -0.1) is 0 Å². The summed E-state index contributed by atoms with van der Waals surface area (Å²) < 4.78 is 2.68. The van der Waals surface area contributed by atoms with Gasteiger partial charge in [0.1, 0.15) is 0 Å². The monoisotopic (exact) mass is 379 g/mol. The fourth-order valence-electron chi connectivity index (χ4n) is 5.96. The van der Waals surface area contributed by atoms with Crippen LogP contribution in [0.15, 0.2) is 24.3 Å². The molecule has 0 saturated heterocycles. The minimum Gasteiger partial charge on any atom is -0.338 e. The lowest BCUT2D eigenvalue weighted by Crippen LogP contribution is -2.43. The molecule has 0 saturated carbocycles. The molecule has 0 amide bonds. The molecule has 152 valence electrons. The smallest absolute Gasteiger partial charge is 0.0446 e. The molecule has 3 aliphatic carbocycles. The normalized spacial score (nSPS) is 23.9. The van der Waals surface area contributed by atoms with Gasteiger partial charge in [-0.25, -0.2) is 0 Å². The second-order valence-corrected chi connectivity index (χ2v) is 8.84. The molecule has 3 nitrogen and oxygen atoms in total. The van der Waals surface area contributed by atoms with E-state index in [1.165, 1.54) is 56.3 Å². The van der Waals surface area contributed by atoms with Crippen molar-refractivity contribution in [3.05, 3.63) is 46.8 Å². The summed E-state index contributed by atoms with van der Waals surface area (Å²) in [6.45, 7) is 3.20. The Morgan fingerprint density at radius 1 is 1.04 bits per heavy atom. The van der Waals surface area contributed by atoms with Gasteiger partial charge in [-0.3, -0.25) is 0 Å². The fourth-order valence-corrected chi connectivity index (χ4v) is 5.96. The van der Waals surface area contributed by atoms with Crippen LogP contribution >= 0.6 is 0 Å². The number of allylic oxidation sites excluding steroid dienone is 4. The van der Waals surface area contributed by atoms with Gasteiger partial charge in [0.05, 0.1) is 0 Å². The summed E-state index contributed by atoms with van der Waals surface area (Å²) in [7, 11) is 2.15. The fraction of sp³-hybridized carbons (Fsp3) is 0.600. The molecule has 3 heteroatoms. The Balaban J connectivity index is 1.74. The van der Waals surface area contributed by atoms with E-state index in [4.69, 9.17) is 5.73 Å². The molecule has 0 fully saturated rings. The van der Waals surface area contributed by atoms with Gasteiger partial charge in [0.25, 0.3) is 0 Å². The number of nitrogens with zero attached hydrogens (tertiary/aromatic N) is 1. The molecule has 0 radical (unpaired) electrons. The quantitative estimate of drug-likeness (QED) is 0.663. The number of nitrogens with one attached hydrogen (secondary N) is 1. The van der Waals surface area contributed by atoms with Crippen molar-refractivity contribution in [1.29, 1.82) is 0 Å². The highest BCUT2D eigenvalue weighted by Crippen LogP contribution is 2.40. The third-order valence-corrected chi connectivity index (χ3v) is 7.29. The van der Waals surface area contributed by atoms with Crippen LogP contribution < -0.4 is 11.1 Å². The topological polar surface area (TPSA) is 43.0 Å². The zero-order valence-corrected chi connectivity index (χ0v) is 17.7. The highest BCUT2D eigenvalue weighted by atomic mass is 15.1. The van der Waals surface area contributed by atoms with E-state index in [1.807, 2.05) is 0 Å². The van der Waals surface area contributed by atoms with Crippen LogP contribution in [0, 0.1) is 11.8 Å². The van der Waals surface area contributed by atoms with Gasteiger partial charge in [0, 0.05) is 23.5 Å². The molecule has 1 heterocycles. The third-order valence-electron chi connectivity index (χ3n) is 7.29. The summed E-state index contributed by atoms with van der Waals surface area (Å²) in [4.78, 5) is 0. The highest BCUT2D eigenvalue weighted by Gasteiger charge is 2.34. The summed E-state index contributed by atoms with van der Waals surface area (Å²) in [5.74, 6) is 1.26. The zero-order chi connectivity index (χ0) is 19.5. The minimum absolute atomic E-state index is 0.441. The van der Waals surface area contributed by atoms with E-state index in [9.17, 15) is 0 Å². The van der Waals surface area contributed by atoms with Crippen LogP contribution in [0.2, 0.25) is 0 Å². The second-order valence-electron chi connectivity index (χ2n) is 8.84. The minimum atomic E-state index is 0.441. The Morgan fingerprint density at radius 3 is 2.25 bits per heavy atom. The molecular formula is C25H37N3. The second kappa shape index (κ2) is 8.84. The van der Waals surface area contributed by atoms with Crippen molar-refractivity contribution < 1.29 is 0 Å². The summed E-state index contributed by atoms with van der Waals surface area (Å²) in [5.41, 5.74) is 12.3. The number of nitrogens with two attached hydrogens (primary N) is 1. The lowest BCUT2D eigenvalue weighted by atomic mass is 9.78. The van der Waals surface area contributed by atoms with E-state index in [2.05, 4.69) is 60.3 Å². The number of hydrogen-bond acceptors (Lipinski definition) is 2. The van der Waals surface area contributed by atoms with E-state index in [0.717, 1.165) is 18.9 Å². The van der Waals surface area contributed by atoms with Gasteiger partial charge in [0.15, 0.2) is 0 Å². The van der Waals surface area contributed by atoms with Crippen LogP contribution in [0.4, 0.5) is 0 Å². The Hall–Kier alpha value is -1.58. The number of rotatable bonds is 7. The average molecular weight is 380 g/mol. The molecule has 4 unspecified atom stereocenters. The predicted octanol–water partition coefficient (Wildman–Crippen LogP) is 4.88. The SMILES string of the molecule is CNC(C1CC=CCC1)C(C)C(CCN)n1c2c(c3c1C=CCC3)CCC=C2. The third kappa shape index (κ3) is 3.55. The van der Waals surface area contributed by atoms with Crippen LogP contribution in [0.5, 0.6) is 0 Å². The summed E-state index contributed by atoms with van der Waals surface area (Å²) in [6, 6.07) is 0.965. The number of aromatic nitrogens is 1. The first-order valence-corrected chi connectivity index (χ1v) is 11.4. The van der Waals surface area contributed by atoms with Crippen molar-refractivity contribution in [2.75, 3.05) is 13.6 Å². The van der Waals surface area contributed by atoms with Gasteiger partial charge in [-0.05, 0) is 100 Å². The van der Waals surface area contributed by atoms with Crippen molar-refractivity contribution >= 4 is 12.2 Å². The van der Waals surface area contributed by atoms with E-state index < -0.39 is 0 Å². The highest BCUT2D eigenvalue weighted by molar-refractivity contribution is 5.66. The average Bonchev–Trinajstić information content (AvgIpc) is 3.08. The first-order valence-electron chi connectivity index (χ1n) is 11.4. The van der Waals surface area contributed by atoms with Gasteiger partial charge >= 0.3 is 0 Å². The van der Waals surface area contributed by atoms with E-state index in [-0.39, 0.29) is 0 Å². The summed E-state index contributed by atoms with van der Waals surface area (Å²) in [6.07, 6.45) is 23.7. The van der Waals surface area contributed by atoms with Crippen LogP contribution in [0.1, 0.15) is 74.0 Å². The molecule has 4 atom stereocenters. The molecule has 1 aromatic heterocycles. The zero-order valence-electron chi connectivity index (χ0n) is 17.7. The van der Waals surface area contributed by atoms with Crippen LogP contribution in [-0.4, -0.2) is 24.2 Å². The first kappa shape index (κ1) is 19.7. The van der Waals surface area contributed by atoms with Crippen LogP contribution in [-0.2, 0) is 12.8 Å². The van der Waals surface area contributed by atoms with Crippen molar-refractivity contribution in [2.24, 2.45) is 17.6 Å². The lowest BCUT2D eigenvalue weighted by Gasteiger charge is -2.38. The van der Waals surface area contributed by atoms with Crippen molar-refractivity contribution in [2.45, 2.75) is 70.4 Å². The predicted molar refractivity (Wildman–Crippen MR) is 120 cm³/mol. The van der Waals surface area contributed by atoms with Crippen molar-refractivity contribution in [3.63, 3.8) is 0 Å². The van der Waals surface area contributed by atoms with Crippen molar-refractivity contribution in [3.8, 4) is 0 Å². The Labute approximate surface area is 170 Å². The largest absolute Gasteiger partial charge is 0.338 e. The van der Waals surface area contributed by atoms with E-state index in [0.29, 0.717) is 18.0 Å². The molecule has 0 aromatic carbocycles. The molecule has 28 heavy (non-hydrogen) atoms. The van der Waals surface area contributed by atoms with Crippen LogP contribution in [0.3, 0.4) is 0 Å². The number of hydrogen-bond donors (Lipinski definition) is 2. The maximum absolute atomic E-state index is 6.16. The molecule has 0 bridgehead atoms. The van der Waals surface area contributed by atoms with Gasteiger partial charge in [-0.1, -0.05) is 31.2 Å². The standard InChI is InChI=1S/C25H37N3/c1-18(25(27-2)19-10-4-3-5-11-19)22(16-17-26)28-23-14-8-6-12-20(23)21-13-7-9-15-24(21)28/h3-4,8-9,14-15,18-19,22,25,27H,5-7,10-13,16-17,26H2,1-2H3. The summed E-state index contributed by atoms with van der Waals surface area (Å²) in [5, 5.41) is 3.71. The van der Waals surface area contributed by atoms with E-state index in [1.54, 1.807) is 11.1 Å². The van der Waals surface area contributed by atoms with Crippen molar-refractivity contribution in [1.82, 2.24) is 9.88 Å². The van der Waals surface area contributed by atoms with Gasteiger partial charge in [0.2, 0.25) is 0 Å². The molecular weight excluding hydrogens is 342 g/mol. The maximum Gasteiger partial charge on any atom is 0.0446 e. The lowest BCUT2D eigenvalue weighted by molar-refractivity contribution is 0.198. The molecule has 0 aliphatic heterocycles. The molecule has 3 N–H and O–H groups in total. The molecule has 4 rings (SSSR count). The van der Waals surface area contributed by atoms with E-state index >= 15 is 0 Å². The maximum atomic E-state index is 6.16. The molecule has 3 aliphatic rings. The Bertz CT molecular complexity index is 728. The molecule has 1 aromatic rings. The van der Waals surface area contributed by atoms with Crippen LogP contribution in [0.25, 0.3) is 12.2 Å². The molecule has 0 spiro atoms. The summed E-state index contributed by atoms with van der Waals surface area (Å²) >= 11 is 0. The Morgan fingerprint density at radius 2 is 1.71 bits per heavy atom. The Kier molecular flexibility index (Phi) is 6.22. The first-order chi connectivity index (χ1) is 13.8. The van der Waals surface area contributed by atoms with Gasteiger partial charge < -0.3 is 15.6 Å².